The van der Waals surface area contributed by atoms with Gasteiger partial charge in [-0.3, -0.25) is 0 Å². The molecule has 1 aromatic heterocycles. The zero-order chi connectivity index (χ0) is 20.6. The molecule has 3 aromatic rings. The van der Waals surface area contributed by atoms with Crippen molar-refractivity contribution in [1.82, 2.24) is 10.3 Å². The van der Waals surface area contributed by atoms with Crippen LogP contribution in [0.5, 0.6) is 0 Å². The van der Waals surface area contributed by atoms with Gasteiger partial charge in [-0.05, 0) is 42.2 Å². The van der Waals surface area contributed by atoms with E-state index in [1.54, 1.807) is 0 Å². The summed E-state index contributed by atoms with van der Waals surface area (Å²) >= 11 is 0. The van der Waals surface area contributed by atoms with Gasteiger partial charge in [0.2, 0.25) is 0 Å². The Morgan fingerprint density at radius 2 is 1.90 bits per heavy atom. The molecule has 2 heterocycles. The maximum Gasteiger partial charge on any atom is 0.0718 e. The summed E-state index contributed by atoms with van der Waals surface area (Å²) in [6.07, 6.45) is 2.04. The van der Waals surface area contributed by atoms with Gasteiger partial charge in [0.25, 0.3) is 0 Å². The zero-order valence-corrected chi connectivity index (χ0v) is 17.3. The lowest BCUT2D eigenvalue weighted by Gasteiger charge is -2.24. The maximum atomic E-state index is 8.83. The van der Waals surface area contributed by atoms with E-state index in [1.165, 1.54) is 10.9 Å². The number of nitrogens with one attached hydrogen (secondary N) is 3. The number of H-pyrrole nitrogens is 1. The van der Waals surface area contributed by atoms with Gasteiger partial charge in [-0.25, -0.2) is 0 Å². The average molecular weight is 410 g/mol. The van der Waals surface area contributed by atoms with Gasteiger partial charge in [0, 0.05) is 43.4 Å². The second-order valence-corrected chi connectivity index (χ2v) is 7.71. The molecule has 1 aliphatic heterocycles. The molecule has 0 radical (unpaired) electrons. The van der Waals surface area contributed by atoms with Crippen LogP contribution in [-0.2, 0) is 16.1 Å². The average Bonchev–Trinajstić information content (AvgIpc) is 3.22. The molecule has 0 bridgehead atoms. The summed E-state index contributed by atoms with van der Waals surface area (Å²) in [7, 11) is 0. The molecule has 1 saturated heterocycles. The van der Waals surface area contributed by atoms with Crippen molar-refractivity contribution in [3.8, 4) is 11.3 Å². The van der Waals surface area contributed by atoms with Gasteiger partial charge >= 0.3 is 0 Å². The number of hydrogen-bond acceptors (Lipinski definition) is 5. The molecule has 0 aliphatic carbocycles. The monoisotopic (exact) mass is 409 g/mol. The number of rotatable bonds is 10. The van der Waals surface area contributed by atoms with Crippen LogP contribution in [0.4, 0.5) is 5.69 Å². The van der Waals surface area contributed by atoms with Crippen molar-refractivity contribution in [1.29, 1.82) is 0 Å². The molecule has 4 rings (SSSR count). The van der Waals surface area contributed by atoms with E-state index in [0.717, 1.165) is 55.1 Å². The first-order valence-corrected chi connectivity index (χ1v) is 10.8. The van der Waals surface area contributed by atoms with Crippen LogP contribution >= 0.6 is 0 Å². The third kappa shape index (κ3) is 5.40. The standard InChI is InChI=1S/C24H31N3O3/c28-10-8-25-9-13-30-17-18-14-20-16-22(19-4-2-1-3-5-19)27-24(20)23(15-18)26-21-6-11-29-12-7-21/h1-5,14-16,21,25-28H,6-13,17H2. The number of benzene rings is 2. The number of fused-ring (bicyclic) bond motifs is 1. The predicted molar refractivity (Wildman–Crippen MR) is 121 cm³/mol. The van der Waals surface area contributed by atoms with Crippen molar-refractivity contribution >= 4 is 16.6 Å². The summed E-state index contributed by atoms with van der Waals surface area (Å²) < 4.78 is 11.4. The number of aromatic amines is 1. The number of aliphatic hydroxyl groups is 1. The van der Waals surface area contributed by atoms with E-state index in [2.05, 4.69) is 58.1 Å². The number of aromatic nitrogens is 1. The van der Waals surface area contributed by atoms with Crippen molar-refractivity contribution in [2.75, 3.05) is 44.8 Å². The zero-order valence-electron chi connectivity index (χ0n) is 17.3. The first kappa shape index (κ1) is 20.9. The molecule has 160 valence electrons. The molecule has 0 saturated carbocycles. The van der Waals surface area contributed by atoms with Crippen LogP contribution in [0.2, 0.25) is 0 Å². The van der Waals surface area contributed by atoms with E-state index in [-0.39, 0.29) is 6.61 Å². The Kier molecular flexibility index (Phi) is 7.37. The lowest BCUT2D eigenvalue weighted by atomic mass is 10.1. The van der Waals surface area contributed by atoms with Crippen LogP contribution in [0, 0.1) is 0 Å². The van der Waals surface area contributed by atoms with Crippen LogP contribution in [0.3, 0.4) is 0 Å². The molecule has 6 nitrogen and oxygen atoms in total. The summed E-state index contributed by atoms with van der Waals surface area (Å²) in [5.41, 5.74) is 5.70. The van der Waals surface area contributed by atoms with Gasteiger partial charge in [-0.1, -0.05) is 30.3 Å². The second kappa shape index (κ2) is 10.6. The minimum absolute atomic E-state index is 0.148. The number of hydrogen-bond donors (Lipinski definition) is 4. The SMILES string of the molecule is OCCNCCOCc1cc(NC2CCOCC2)c2[nH]c(-c3ccccc3)cc2c1. The number of aliphatic hydroxyl groups excluding tert-OH is 1. The molecular formula is C24H31N3O3. The lowest BCUT2D eigenvalue weighted by Crippen LogP contribution is -2.28. The summed E-state index contributed by atoms with van der Waals surface area (Å²) in [6.45, 7) is 4.27. The minimum Gasteiger partial charge on any atom is -0.395 e. The van der Waals surface area contributed by atoms with Crippen molar-refractivity contribution in [3.05, 3.63) is 54.1 Å². The van der Waals surface area contributed by atoms with E-state index in [9.17, 15) is 0 Å². The van der Waals surface area contributed by atoms with Gasteiger partial charge in [0.05, 0.1) is 31.0 Å². The first-order valence-electron chi connectivity index (χ1n) is 10.8. The summed E-state index contributed by atoms with van der Waals surface area (Å²) in [4.78, 5) is 3.62. The minimum atomic E-state index is 0.148. The Bertz CT molecular complexity index is 920. The molecule has 0 atom stereocenters. The van der Waals surface area contributed by atoms with Crippen molar-refractivity contribution in [3.63, 3.8) is 0 Å². The van der Waals surface area contributed by atoms with Gasteiger partial charge in [0.1, 0.15) is 0 Å². The van der Waals surface area contributed by atoms with E-state index in [0.29, 0.717) is 25.8 Å². The predicted octanol–water partition coefficient (Wildman–Crippen LogP) is 3.52. The number of ether oxygens (including phenoxy) is 2. The highest BCUT2D eigenvalue weighted by molar-refractivity contribution is 5.95. The fraction of sp³-hybridized carbons (Fsp3) is 0.417. The highest BCUT2D eigenvalue weighted by Gasteiger charge is 2.16. The Morgan fingerprint density at radius 1 is 1.07 bits per heavy atom. The second-order valence-electron chi connectivity index (χ2n) is 7.71. The van der Waals surface area contributed by atoms with Gasteiger partial charge < -0.3 is 30.2 Å². The van der Waals surface area contributed by atoms with Crippen LogP contribution in [-0.4, -0.2) is 55.6 Å². The molecule has 6 heteroatoms. The van der Waals surface area contributed by atoms with Crippen LogP contribution < -0.4 is 10.6 Å². The van der Waals surface area contributed by atoms with Gasteiger partial charge in [0.15, 0.2) is 0 Å². The van der Waals surface area contributed by atoms with Gasteiger partial charge in [-0.15, -0.1) is 0 Å². The molecule has 0 spiro atoms. The van der Waals surface area contributed by atoms with E-state index in [1.807, 2.05) is 6.07 Å². The Balaban J connectivity index is 1.55. The molecule has 0 unspecified atom stereocenters. The van der Waals surface area contributed by atoms with Crippen LogP contribution in [0.25, 0.3) is 22.2 Å². The molecule has 0 amide bonds. The van der Waals surface area contributed by atoms with E-state index in [4.69, 9.17) is 14.6 Å². The molecule has 2 aromatic carbocycles. The summed E-state index contributed by atoms with van der Waals surface area (Å²) in [5, 5.41) is 16.9. The summed E-state index contributed by atoms with van der Waals surface area (Å²) in [6, 6.07) is 17.4. The summed E-state index contributed by atoms with van der Waals surface area (Å²) in [5.74, 6) is 0. The molecular weight excluding hydrogens is 378 g/mol. The van der Waals surface area contributed by atoms with Crippen molar-refractivity contribution in [2.45, 2.75) is 25.5 Å². The largest absolute Gasteiger partial charge is 0.395 e. The normalized spacial score (nSPS) is 15.0. The van der Waals surface area contributed by atoms with Crippen molar-refractivity contribution in [2.24, 2.45) is 0 Å². The van der Waals surface area contributed by atoms with Crippen LogP contribution in [0.1, 0.15) is 18.4 Å². The van der Waals surface area contributed by atoms with Crippen LogP contribution in [0.15, 0.2) is 48.5 Å². The van der Waals surface area contributed by atoms with Crippen molar-refractivity contribution < 1.29 is 14.6 Å². The molecule has 1 fully saturated rings. The first-order chi connectivity index (χ1) is 14.8. The topological polar surface area (TPSA) is 78.5 Å². The fourth-order valence-electron chi connectivity index (χ4n) is 3.88. The van der Waals surface area contributed by atoms with E-state index >= 15 is 0 Å². The molecule has 4 N–H and O–H groups in total. The smallest absolute Gasteiger partial charge is 0.0718 e. The lowest BCUT2D eigenvalue weighted by molar-refractivity contribution is 0.0904. The molecule has 30 heavy (non-hydrogen) atoms. The third-order valence-electron chi connectivity index (χ3n) is 5.43. The van der Waals surface area contributed by atoms with E-state index < -0.39 is 0 Å². The number of anilines is 1. The Labute approximate surface area is 177 Å². The fourth-order valence-corrected chi connectivity index (χ4v) is 3.88. The Hall–Kier alpha value is -2.38. The Morgan fingerprint density at radius 3 is 2.70 bits per heavy atom. The maximum absolute atomic E-state index is 8.83. The molecule has 1 aliphatic rings. The third-order valence-corrected chi connectivity index (χ3v) is 5.43. The highest BCUT2D eigenvalue weighted by atomic mass is 16.5. The highest BCUT2D eigenvalue weighted by Crippen LogP contribution is 2.31. The van der Waals surface area contributed by atoms with Gasteiger partial charge in [-0.2, -0.15) is 0 Å². The quantitative estimate of drug-likeness (QED) is 0.386.